The Balaban J connectivity index is 1.32. The molecule has 0 spiro atoms. The molecule has 0 aliphatic carbocycles. The molecule has 42 heavy (non-hydrogen) atoms. The third kappa shape index (κ3) is 6.68. The predicted molar refractivity (Wildman–Crippen MR) is 159 cm³/mol. The number of halogens is 1. The van der Waals surface area contributed by atoms with Crippen molar-refractivity contribution in [2.45, 2.75) is 25.8 Å². The van der Waals surface area contributed by atoms with Crippen LogP contribution >= 0.6 is 0 Å². The van der Waals surface area contributed by atoms with E-state index in [4.69, 9.17) is 4.42 Å². The number of nitrogens with zero attached hydrogens (tertiary/aromatic N) is 2. The van der Waals surface area contributed by atoms with E-state index in [0.29, 0.717) is 49.5 Å². The highest BCUT2D eigenvalue weighted by Crippen LogP contribution is 2.28. The van der Waals surface area contributed by atoms with Gasteiger partial charge < -0.3 is 24.9 Å². The second-order valence-electron chi connectivity index (χ2n) is 10.2. The van der Waals surface area contributed by atoms with Crippen molar-refractivity contribution in [3.05, 3.63) is 119 Å². The van der Waals surface area contributed by atoms with E-state index >= 15 is 0 Å². The Kier molecular flexibility index (Phi) is 8.96. The normalized spacial score (nSPS) is 13.9. The van der Waals surface area contributed by atoms with Crippen LogP contribution in [0, 0.1) is 5.82 Å². The molecule has 0 bridgehead atoms. The number of hydrogen-bond donors (Lipinski definition) is 2. The monoisotopic (exact) mass is 568 g/mol. The molecule has 9 heteroatoms. The average molecular weight is 569 g/mol. The molecule has 1 aliphatic rings. The van der Waals surface area contributed by atoms with Crippen LogP contribution in [0.1, 0.15) is 51.3 Å². The number of rotatable bonds is 9. The lowest BCUT2D eigenvalue weighted by atomic mass is 9.94. The Hall–Kier alpha value is -4.92. The Morgan fingerprint density at radius 1 is 0.881 bits per heavy atom. The van der Waals surface area contributed by atoms with Crippen molar-refractivity contribution in [3.8, 4) is 0 Å². The number of piperazine rings is 1. The van der Waals surface area contributed by atoms with E-state index in [9.17, 15) is 18.8 Å². The molecule has 0 radical (unpaired) electrons. The van der Waals surface area contributed by atoms with E-state index in [1.165, 1.54) is 18.4 Å². The molecule has 2 heterocycles. The van der Waals surface area contributed by atoms with Crippen molar-refractivity contribution >= 4 is 29.1 Å². The number of amides is 3. The Morgan fingerprint density at radius 2 is 1.62 bits per heavy atom. The summed E-state index contributed by atoms with van der Waals surface area (Å²) >= 11 is 0. The zero-order chi connectivity index (χ0) is 29.5. The summed E-state index contributed by atoms with van der Waals surface area (Å²) in [5.74, 6) is -1.04. The highest BCUT2D eigenvalue weighted by Gasteiger charge is 2.29. The van der Waals surface area contributed by atoms with Gasteiger partial charge in [0.05, 0.1) is 17.7 Å². The average Bonchev–Trinajstić information content (AvgIpc) is 3.57. The standard InChI is InChI=1S/C33H33FN4O4/c1-2-27(24-7-4-3-5-8-24)33(41)38-18-16-37(17-19-38)29-15-14-26(36-32(40)30-9-6-20-42-30)21-28(29)31(39)35-22-23-10-12-25(34)13-11-23/h3-15,20-21,27H,2,16-19,22H2,1H3,(H,35,39)(H,36,40)/t27-/m1/s1. The van der Waals surface area contributed by atoms with Crippen LogP contribution in [-0.2, 0) is 11.3 Å². The lowest BCUT2D eigenvalue weighted by molar-refractivity contribution is -0.133. The van der Waals surface area contributed by atoms with E-state index in [1.807, 2.05) is 42.2 Å². The lowest BCUT2D eigenvalue weighted by Gasteiger charge is -2.38. The summed E-state index contributed by atoms with van der Waals surface area (Å²) in [5, 5.41) is 5.69. The summed E-state index contributed by atoms with van der Waals surface area (Å²) in [6.45, 7) is 4.38. The molecule has 1 atom stereocenters. The highest BCUT2D eigenvalue weighted by atomic mass is 19.1. The maximum Gasteiger partial charge on any atom is 0.291 e. The van der Waals surface area contributed by atoms with Crippen LogP contribution < -0.4 is 15.5 Å². The van der Waals surface area contributed by atoms with E-state index in [-0.39, 0.29) is 35.9 Å². The van der Waals surface area contributed by atoms with E-state index in [0.717, 1.165) is 11.1 Å². The molecule has 3 aromatic carbocycles. The van der Waals surface area contributed by atoms with Crippen LogP contribution in [0.3, 0.4) is 0 Å². The van der Waals surface area contributed by atoms with Crippen molar-refractivity contribution in [1.82, 2.24) is 10.2 Å². The summed E-state index contributed by atoms with van der Waals surface area (Å²) in [6.07, 6.45) is 2.13. The fraction of sp³-hybridized carbons (Fsp3) is 0.242. The summed E-state index contributed by atoms with van der Waals surface area (Å²) in [5.41, 5.74) is 3.29. The van der Waals surface area contributed by atoms with Gasteiger partial charge in [0.2, 0.25) is 5.91 Å². The van der Waals surface area contributed by atoms with Crippen molar-refractivity contribution in [2.24, 2.45) is 0 Å². The van der Waals surface area contributed by atoms with E-state index in [2.05, 4.69) is 15.5 Å². The molecule has 1 aromatic heterocycles. The number of anilines is 2. The lowest BCUT2D eigenvalue weighted by Crippen LogP contribution is -2.50. The summed E-state index contributed by atoms with van der Waals surface area (Å²) in [7, 11) is 0. The topological polar surface area (TPSA) is 94.9 Å². The molecular weight excluding hydrogens is 535 g/mol. The summed E-state index contributed by atoms with van der Waals surface area (Å²) in [6, 6.07) is 24.1. The van der Waals surface area contributed by atoms with Gasteiger partial charge in [-0.1, -0.05) is 49.4 Å². The number of benzene rings is 3. The molecule has 0 saturated carbocycles. The zero-order valence-electron chi connectivity index (χ0n) is 23.4. The van der Waals surface area contributed by atoms with Gasteiger partial charge in [-0.2, -0.15) is 0 Å². The predicted octanol–water partition coefficient (Wildman–Crippen LogP) is 5.44. The van der Waals surface area contributed by atoms with Gasteiger partial charge in [-0.05, 0) is 60.0 Å². The zero-order valence-corrected chi connectivity index (χ0v) is 23.4. The van der Waals surface area contributed by atoms with Crippen LogP contribution in [0.15, 0.2) is 95.6 Å². The maximum absolute atomic E-state index is 13.5. The molecule has 1 saturated heterocycles. The highest BCUT2D eigenvalue weighted by molar-refractivity contribution is 6.05. The van der Waals surface area contributed by atoms with Gasteiger partial charge in [0.1, 0.15) is 5.82 Å². The molecule has 1 fully saturated rings. The maximum atomic E-state index is 13.5. The minimum atomic E-state index is -0.429. The molecule has 216 valence electrons. The van der Waals surface area contributed by atoms with E-state index in [1.54, 1.807) is 42.5 Å². The van der Waals surface area contributed by atoms with Gasteiger partial charge in [0.15, 0.2) is 5.76 Å². The fourth-order valence-corrected chi connectivity index (χ4v) is 5.18. The molecule has 5 rings (SSSR count). The SMILES string of the molecule is CC[C@@H](C(=O)N1CCN(c2ccc(NC(=O)c3ccco3)cc2C(=O)NCc2ccc(F)cc2)CC1)c1ccccc1. The van der Waals surface area contributed by atoms with Crippen LogP contribution in [0.4, 0.5) is 15.8 Å². The second-order valence-corrected chi connectivity index (χ2v) is 10.2. The first kappa shape index (κ1) is 28.6. The van der Waals surface area contributed by atoms with Gasteiger partial charge in [-0.15, -0.1) is 0 Å². The molecule has 8 nitrogen and oxygen atoms in total. The van der Waals surface area contributed by atoms with Gasteiger partial charge in [-0.3, -0.25) is 14.4 Å². The molecule has 1 aliphatic heterocycles. The molecule has 3 amide bonds. The fourth-order valence-electron chi connectivity index (χ4n) is 5.18. The first-order chi connectivity index (χ1) is 20.4. The Labute approximate surface area is 244 Å². The Morgan fingerprint density at radius 3 is 2.29 bits per heavy atom. The van der Waals surface area contributed by atoms with Crippen molar-refractivity contribution < 1.29 is 23.2 Å². The van der Waals surface area contributed by atoms with Gasteiger partial charge >= 0.3 is 0 Å². The molecular formula is C33H33FN4O4. The van der Waals surface area contributed by atoms with Gasteiger partial charge in [0.25, 0.3) is 11.8 Å². The molecule has 4 aromatic rings. The van der Waals surface area contributed by atoms with Crippen molar-refractivity contribution in [2.75, 3.05) is 36.4 Å². The van der Waals surface area contributed by atoms with Crippen LogP contribution in [0.25, 0.3) is 0 Å². The number of carbonyl (C=O) groups is 3. The van der Waals surface area contributed by atoms with Crippen LogP contribution in [0.2, 0.25) is 0 Å². The van der Waals surface area contributed by atoms with Gasteiger partial charge in [0, 0.05) is 44.1 Å². The molecule has 0 unspecified atom stereocenters. The Bertz CT molecular complexity index is 1520. The van der Waals surface area contributed by atoms with Crippen LogP contribution in [0.5, 0.6) is 0 Å². The number of carbonyl (C=O) groups excluding carboxylic acids is 3. The molecule has 2 N–H and O–H groups in total. The van der Waals surface area contributed by atoms with Gasteiger partial charge in [-0.25, -0.2) is 4.39 Å². The summed E-state index contributed by atoms with van der Waals surface area (Å²) < 4.78 is 18.5. The smallest absolute Gasteiger partial charge is 0.291 e. The largest absolute Gasteiger partial charge is 0.459 e. The number of hydrogen-bond acceptors (Lipinski definition) is 5. The first-order valence-corrected chi connectivity index (χ1v) is 14.0. The van der Waals surface area contributed by atoms with Crippen LogP contribution in [-0.4, -0.2) is 48.8 Å². The minimum absolute atomic E-state index is 0.108. The summed E-state index contributed by atoms with van der Waals surface area (Å²) in [4.78, 5) is 43.4. The van der Waals surface area contributed by atoms with Crippen molar-refractivity contribution in [1.29, 1.82) is 0 Å². The third-order valence-electron chi connectivity index (χ3n) is 7.45. The number of nitrogens with one attached hydrogen (secondary N) is 2. The van der Waals surface area contributed by atoms with E-state index < -0.39 is 5.91 Å². The third-order valence-corrected chi connectivity index (χ3v) is 7.45. The first-order valence-electron chi connectivity index (χ1n) is 14.0. The number of furan rings is 1. The minimum Gasteiger partial charge on any atom is -0.459 e. The second kappa shape index (κ2) is 13.2. The quantitative estimate of drug-likeness (QED) is 0.280. The van der Waals surface area contributed by atoms with Crippen molar-refractivity contribution in [3.63, 3.8) is 0 Å².